The second kappa shape index (κ2) is 9.38. The van der Waals surface area contributed by atoms with Crippen molar-refractivity contribution in [1.82, 2.24) is 15.0 Å². The van der Waals surface area contributed by atoms with Crippen LogP contribution < -0.4 is 15.6 Å². The van der Waals surface area contributed by atoms with Gasteiger partial charge in [0.2, 0.25) is 5.91 Å². The van der Waals surface area contributed by atoms with Gasteiger partial charge in [0.15, 0.2) is 0 Å². The largest absolute Gasteiger partial charge is 0.573 e. The summed E-state index contributed by atoms with van der Waals surface area (Å²) in [5, 5.41) is 11.1. The van der Waals surface area contributed by atoms with Crippen molar-refractivity contribution in [2.45, 2.75) is 38.6 Å². The summed E-state index contributed by atoms with van der Waals surface area (Å²) >= 11 is 0. The molecule has 0 unspecified atom stereocenters. The topological polar surface area (TPSA) is 86.1 Å². The first-order valence-electron chi connectivity index (χ1n) is 9.30. The molecule has 10 heteroatoms. The smallest absolute Gasteiger partial charge is 0.406 e. The van der Waals surface area contributed by atoms with Crippen molar-refractivity contribution in [3.8, 4) is 5.75 Å². The molecular formula is C20H19F3N4O3. The Morgan fingerprint density at radius 1 is 1.03 bits per heavy atom. The minimum Gasteiger partial charge on any atom is -0.406 e. The second-order valence-electron chi connectivity index (χ2n) is 6.57. The lowest BCUT2D eigenvalue weighted by Crippen LogP contribution is -2.24. The molecule has 0 spiro atoms. The Kier molecular flexibility index (Phi) is 6.65. The number of anilines is 1. The summed E-state index contributed by atoms with van der Waals surface area (Å²) < 4.78 is 41.5. The van der Waals surface area contributed by atoms with Crippen LogP contribution in [0.3, 0.4) is 0 Å². The van der Waals surface area contributed by atoms with Gasteiger partial charge in [-0.25, -0.2) is 4.68 Å². The van der Waals surface area contributed by atoms with Crippen LogP contribution >= 0.6 is 0 Å². The fourth-order valence-corrected chi connectivity index (χ4v) is 2.86. The average Bonchev–Trinajstić information content (AvgIpc) is 2.70. The molecule has 1 aromatic heterocycles. The van der Waals surface area contributed by atoms with Gasteiger partial charge in [-0.05, 0) is 49.2 Å². The molecule has 3 aromatic rings. The van der Waals surface area contributed by atoms with Gasteiger partial charge in [0.25, 0.3) is 5.56 Å². The summed E-state index contributed by atoms with van der Waals surface area (Å²) in [6, 6.07) is 11.9. The lowest BCUT2D eigenvalue weighted by atomic mass is 10.2. The van der Waals surface area contributed by atoms with Crippen molar-refractivity contribution in [2.24, 2.45) is 0 Å². The Balaban J connectivity index is 1.40. The highest BCUT2D eigenvalue weighted by molar-refractivity contribution is 5.90. The van der Waals surface area contributed by atoms with E-state index in [0.717, 1.165) is 12.1 Å². The number of fused-ring (bicyclic) bond motifs is 1. The number of hydrogen-bond acceptors (Lipinski definition) is 5. The summed E-state index contributed by atoms with van der Waals surface area (Å²) in [5.74, 6) is -0.602. The molecule has 1 amide bonds. The number of carbonyl (C=O) groups excluding carboxylic acids is 1. The predicted octanol–water partition coefficient (Wildman–Crippen LogP) is 3.89. The van der Waals surface area contributed by atoms with Crippen molar-refractivity contribution in [1.29, 1.82) is 0 Å². The maximum Gasteiger partial charge on any atom is 0.573 e. The van der Waals surface area contributed by atoms with E-state index in [2.05, 4.69) is 20.4 Å². The van der Waals surface area contributed by atoms with Gasteiger partial charge in [-0.1, -0.05) is 23.8 Å². The fraction of sp³-hybridized carbons (Fsp3) is 0.300. The van der Waals surface area contributed by atoms with Crippen molar-refractivity contribution in [3.05, 3.63) is 58.9 Å². The Bertz CT molecular complexity index is 1070. The first kappa shape index (κ1) is 21.3. The average molecular weight is 420 g/mol. The highest BCUT2D eigenvalue weighted by atomic mass is 19.4. The highest BCUT2D eigenvalue weighted by Gasteiger charge is 2.30. The lowest BCUT2D eigenvalue weighted by Gasteiger charge is -2.10. The highest BCUT2D eigenvalue weighted by Crippen LogP contribution is 2.24. The molecule has 0 fully saturated rings. The fourth-order valence-electron chi connectivity index (χ4n) is 2.86. The molecule has 0 aliphatic heterocycles. The maximum absolute atomic E-state index is 12.3. The number of benzene rings is 2. The van der Waals surface area contributed by atoms with Gasteiger partial charge < -0.3 is 10.1 Å². The quantitative estimate of drug-likeness (QED) is 0.559. The van der Waals surface area contributed by atoms with Crippen LogP contribution in [-0.2, 0) is 11.3 Å². The van der Waals surface area contributed by atoms with Gasteiger partial charge in [-0.15, -0.1) is 18.3 Å². The van der Waals surface area contributed by atoms with E-state index in [-0.39, 0.29) is 23.6 Å². The zero-order valence-corrected chi connectivity index (χ0v) is 15.9. The summed E-state index contributed by atoms with van der Waals surface area (Å²) in [6.07, 6.45) is -2.55. The van der Waals surface area contributed by atoms with Crippen LogP contribution in [0, 0.1) is 0 Å². The third kappa shape index (κ3) is 6.03. The molecule has 3 rings (SSSR count). The summed E-state index contributed by atoms with van der Waals surface area (Å²) in [4.78, 5) is 24.3. The van der Waals surface area contributed by atoms with Crippen LogP contribution in [0.4, 0.5) is 18.9 Å². The molecule has 0 atom stereocenters. The number of rotatable bonds is 8. The summed E-state index contributed by atoms with van der Waals surface area (Å²) in [7, 11) is 0. The maximum atomic E-state index is 12.3. The normalized spacial score (nSPS) is 11.4. The van der Waals surface area contributed by atoms with E-state index >= 15 is 0 Å². The molecular weight excluding hydrogens is 401 g/mol. The van der Waals surface area contributed by atoms with E-state index in [1.165, 1.54) is 16.8 Å². The number of nitrogens with zero attached hydrogens (tertiary/aromatic N) is 3. The van der Waals surface area contributed by atoms with Crippen molar-refractivity contribution < 1.29 is 22.7 Å². The first-order valence-corrected chi connectivity index (χ1v) is 9.30. The molecule has 0 saturated heterocycles. The number of carbonyl (C=O) groups is 1. The van der Waals surface area contributed by atoms with Crippen LogP contribution in [0.2, 0.25) is 0 Å². The number of alkyl halides is 3. The number of ether oxygens (including phenoxy) is 1. The molecule has 0 aliphatic carbocycles. The van der Waals surface area contributed by atoms with E-state index in [1.807, 2.05) is 0 Å². The molecule has 0 aliphatic rings. The van der Waals surface area contributed by atoms with E-state index in [0.29, 0.717) is 42.4 Å². The van der Waals surface area contributed by atoms with Gasteiger partial charge in [-0.3, -0.25) is 9.59 Å². The Morgan fingerprint density at radius 2 is 1.77 bits per heavy atom. The van der Waals surface area contributed by atoms with Gasteiger partial charge in [0.05, 0.1) is 5.39 Å². The van der Waals surface area contributed by atoms with E-state index in [1.54, 1.807) is 24.3 Å². The van der Waals surface area contributed by atoms with Gasteiger partial charge in [0, 0.05) is 18.7 Å². The molecule has 0 bridgehead atoms. The van der Waals surface area contributed by atoms with Gasteiger partial charge in [-0.2, -0.15) is 0 Å². The molecule has 0 radical (unpaired) electrons. The summed E-state index contributed by atoms with van der Waals surface area (Å²) in [5.41, 5.74) is 0.734. The van der Waals surface area contributed by atoms with Crippen molar-refractivity contribution in [3.63, 3.8) is 0 Å². The Labute approximate surface area is 169 Å². The number of hydrogen-bond donors (Lipinski definition) is 1. The second-order valence-corrected chi connectivity index (χ2v) is 6.57. The molecule has 158 valence electrons. The molecule has 1 N–H and O–H groups in total. The molecule has 0 saturated carbocycles. The third-order valence-corrected chi connectivity index (χ3v) is 4.27. The van der Waals surface area contributed by atoms with Crippen molar-refractivity contribution in [2.75, 3.05) is 5.32 Å². The zero-order valence-electron chi connectivity index (χ0n) is 15.9. The minimum absolute atomic E-state index is 0.198. The molecule has 1 heterocycles. The van der Waals surface area contributed by atoms with Crippen molar-refractivity contribution >= 4 is 22.5 Å². The van der Waals surface area contributed by atoms with E-state index in [4.69, 9.17) is 0 Å². The number of unbranched alkanes of at least 4 members (excludes halogenated alkanes) is 2. The number of nitrogens with one attached hydrogen (secondary N) is 1. The number of amides is 1. The van der Waals surface area contributed by atoms with Gasteiger partial charge in [0.1, 0.15) is 11.3 Å². The van der Waals surface area contributed by atoms with Gasteiger partial charge >= 0.3 is 6.36 Å². The van der Waals surface area contributed by atoms with E-state index in [9.17, 15) is 22.8 Å². The van der Waals surface area contributed by atoms with Crippen LogP contribution in [-0.4, -0.2) is 27.3 Å². The zero-order chi connectivity index (χ0) is 21.6. The van der Waals surface area contributed by atoms with Crippen LogP contribution in [0.15, 0.2) is 53.3 Å². The number of aromatic nitrogens is 3. The lowest BCUT2D eigenvalue weighted by molar-refractivity contribution is -0.274. The number of halogens is 3. The predicted molar refractivity (Wildman–Crippen MR) is 104 cm³/mol. The monoisotopic (exact) mass is 420 g/mol. The SMILES string of the molecule is O=C(CCCCCn1nnc2ccccc2c1=O)Nc1ccc(OC(F)(F)F)cc1. The van der Waals surface area contributed by atoms with E-state index < -0.39 is 6.36 Å². The molecule has 2 aromatic carbocycles. The number of aryl methyl sites for hydroxylation is 1. The Hall–Kier alpha value is -3.43. The third-order valence-electron chi connectivity index (χ3n) is 4.27. The minimum atomic E-state index is -4.76. The molecule has 30 heavy (non-hydrogen) atoms. The van der Waals surface area contributed by atoms with Crippen LogP contribution in [0.25, 0.3) is 10.9 Å². The Morgan fingerprint density at radius 3 is 2.50 bits per heavy atom. The standard InChI is InChI=1S/C20H19F3N4O3/c21-20(22,23)30-15-11-9-14(10-12-15)24-18(28)8-2-1-5-13-27-19(29)16-6-3-4-7-17(16)25-26-27/h3-4,6-7,9-12H,1-2,5,8,13H2,(H,24,28). The summed E-state index contributed by atoms with van der Waals surface area (Å²) in [6.45, 7) is 0.402. The van der Waals surface area contributed by atoms with Crippen LogP contribution in [0.1, 0.15) is 25.7 Å². The molecule has 7 nitrogen and oxygen atoms in total. The van der Waals surface area contributed by atoms with Crippen LogP contribution in [0.5, 0.6) is 5.75 Å². The first-order chi connectivity index (χ1) is 14.3.